The van der Waals surface area contributed by atoms with Crippen molar-refractivity contribution in [2.24, 2.45) is 14.1 Å². The highest BCUT2D eigenvalue weighted by molar-refractivity contribution is 7.08. The molecular weight excluding hydrogens is 304 g/mol. The molecule has 0 fully saturated rings. The molecule has 7 nitrogen and oxygen atoms in total. The van der Waals surface area contributed by atoms with E-state index in [0.717, 1.165) is 9.13 Å². The van der Waals surface area contributed by atoms with Crippen molar-refractivity contribution < 1.29 is 4.79 Å². The minimum atomic E-state index is -0.822. The van der Waals surface area contributed by atoms with Crippen molar-refractivity contribution in [1.82, 2.24) is 9.13 Å². The minimum absolute atomic E-state index is 0.221. The zero-order valence-electron chi connectivity index (χ0n) is 11.9. The SMILES string of the molecule is Cn1c(N)c(C(=O)/C(C#N)=C/c2ccsc2)c(=O)n(C)c1=O. The second-order valence-electron chi connectivity index (χ2n) is 4.52. The molecule has 2 aromatic heterocycles. The molecule has 112 valence electrons. The summed E-state index contributed by atoms with van der Waals surface area (Å²) in [5.74, 6) is -1.06. The van der Waals surface area contributed by atoms with Gasteiger partial charge in [-0.2, -0.15) is 16.6 Å². The largest absolute Gasteiger partial charge is 0.384 e. The fourth-order valence-corrected chi connectivity index (χ4v) is 2.50. The smallest absolute Gasteiger partial charge is 0.332 e. The molecule has 0 unspecified atom stereocenters. The fraction of sp³-hybridized carbons (Fsp3) is 0.143. The van der Waals surface area contributed by atoms with Gasteiger partial charge in [0.2, 0.25) is 5.78 Å². The zero-order valence-corrected chi connectivity index (χ0v) is 12.7. The van der Waals surface area contributed by atoms with Crippen LogP contribution in [0.25, 0.3) is 6.08 Å². The van der Waals surface area contributed by atoms with E-state index in [1.807, 2.05) is 0 Å². The predicted octanol–water partition coefficient (Wildman–Crippen LogP) is 0.518. The van der Waals surface area contributed by atoms with Gasteiger partial charge in [0.25, 0.3) is 5.56 Å². The Balaban J connectivity index is 2.67. The average molecular weight is 316 g/mol. The molecular formula is C14H12N4O3S. The molecule has 0 saturated heterocycles. The lowest BCUT2D eigenvalue weighted by atomic mass is 10.0. The topological polar surface area (TPSA) is 111 Å². The Kier molecular flexibility index (Phi) is 4.10. The van der Waals surface area contributed by atoms with Crippen LogP contribution in [0.4, 0.5) is 5.82 Å². The molecule has 0 saturated carbocycles. The molecule has 0 atom stereocenters. The summed E-state index contributed by atoms with van der Waals surface area (Å²) in [4.78, 5) is 36.3. The van der Waals surface area contributed by atoms with Gasteiger partial charge in [0, 0.05) is 14.1 Å². The van der Waals surface area contributed by atoms with Gasteiger partial charge in [-0.3, -0.25) is 18.7 Å². The van der Waals surface area contributed by atoms with Crippen molar-refractivity contribution in [3.63, 3.8) is 0 Å². The number of nitriles is 1. The quantitative estimate of drug-likeness (QED) is 0.504. The Hall–Kier alpha value is -2.92. The number of nitrogen functional groups attached to an aromatic ring is 1. The number of aromatic nitrogens is 2. The number of carbonyl (C=O) groups is 1. The highest BCUT2D eigenvalue weighted by Crippen LogP contribution is 2.15. The molecule has 8 heteroatoms. The molecule has 0 radical (unpaired) electrons. The maximum Gasteiger partial charge on any atom is 0.332 e. The van der Waals surface area contributed by atoms with E-state index in [2.05, 4.69) is 0 Å². The predicted molar refractivity (Wildman–Crippen MR) is 83.6 cm³/mol. The second kappa shape index (κ2) is 5.83. The molecule has 0 bridgehead atoms. The van der Waals surface area contributed by atoms with Crippen LogP contribution in [0.1, 0.15) is 15.9 Å². The monoisotopic (exact) mass is 316 g/mol. The summed E-state index contributed by atoms with van der Waals surface area (Å²) >= 11 is 1.41. The number of thiophene rings is 1. The molecule has 0 aliphatic heterocycles. The van der Waals surface area contributed by atoms with Crippen molar-refractivity contribution in [3.8, 4) is 6.07 Å². The Bertz CT molecular complexity index is 927. The number of hydrogen-bond acceptors (Lipinski definition) is 6. The van der Waals surface area contributed by atoms with Crippen LogP contribution in [0.15, 0.2) is 32.0 Å². The van der Waals surface area contributed by atoms with Crippen molar-refractivity contribution in [1.29, 1.82) is 5.26 Å². The van der Waals surface area contributed by atoms with Crippen LogP contribution >= 0.6 is 11.3 Å². The van der Waals surface area contributed by atoms with E-state index in [1.54, 1.807) is 22.9 Å². The highest BCUT2D eigenvalue weighted by atomic mass is 32.1. The lowest BCUT2D eigenvalue weighted by Gasteiger charge is -2.10. The lowest BCUT2D eigenvalue weighted by molar-refractivity contribution is 0.103. The van der Waals surface area contributed by atoms with Gasteiger partial charge in [0.1, 0.15) is 23.0 Å². The molecule has 2 aromatic rings. The lowest BCUT2D eigenvalue weighted by Crippen LogP contribution is -2.41. The average Bonchev–Trinajstić information content (AvgIpc) is 3.01. The number of Topliss-reactive ketones (excluding diaryl/α,β-unsaturated/α-hetero) is 1. The molecule has 0 spiro atoms. The summed E-state index contributed by atoms with van der Waals surface area (Å²) < 4.78 is 1.78. The number of allylic oxidation sites excluding steroid dienone is 1. The van der Waals surface area contributed by atoms with Crippen LogP contribution in [0.3, 0.4) is 0 Å². The van der Waals surface area contributed by atoms with Crippen LogP contribution in [0.5, 0.6) is 0 Å². The van der Waals surface area contributed by atoms with E-state index in [0.29, 0.717) is 5.56 Å². The molecule has 0 amide bonds. The van der Waals surface area contributed by atoms with Gasteiger partial charge in [-0.25, -0.2) is 4.79 Å². The van der Waals surface area contributed by atoms with Gasteiger partial charge in [0.05, 0.1) is 0 Å². The summed E-state index contributed by atoms with van der Waals surface area (Å²) in [6.07, 6.45) is 1.38. The molecule has 0 aliphatic carbocycles. The summed E-state index contributed by atoms with van der Waals surface area (Å²) in [5.41, 5.74) is 4.33. The first kappa shape index (κ1) is 15.5. The van der Waals surface area contributed by atoms with E-state index < -0.39 is 17.0 Å². The first-order chi connectivity index (χ1) is 10.4. The zero-order chi connectivity index (χ0) is 16.4. The molecule has 2 N–H and O–H groups in total. The number of rotatable bonds is 3. The third-order valence-electron chi connectivity index (χ3n) is 3.16. The van der Waals surface area contributed by atoms with Gasteiger partial charge in [-0.1, -0.05) is 0 Å². The summed E-state index contributed by atoms with van der Waals surface area (Å²) in [6.45, 7) is 0. The number of hydrogen-bond donors (Lipinski definition) is 1. The summed E-state index contributed by atoms with van der Waals surface area (Å²) in [6, 6.07) is 3.51. The van der Waals surface area contributed by atoms with Crippen molar-refractivity contribution in [3.05, 3.63) is 54.4 Å². The maximum atomic E-state index is 12.5. The van der Waals surface area contributed by atoms with Crippen LogP contribution < -0.4 is 17.0 Å². The van der Waals surface area contributed by atoms with Gasteiger partial charge >= 0.3 is 5.69 Å². The third-order valence-corrected chi connectivity index (χ3v) is 3.86. The third kappa shape index (κ3) is 2.49. The Labute approximate surface area is 129 Å². The Morgan fingerprint density at radius 2 is 2.05 bits per heavy atom. The highest BCUT2D eigenvalue weighted by Gasteiger charge is 2.23. The molecule has 0 aromatic carbocycles. The molecule has 0 aliphatic rings. The summed E-state index contributed by atoms with van der Waals surface area (Å²) in [5, 5.41) is 12.7. The number of nitrogens with two attached hydrogens (primary N) is 1. The van der Waals surface area contributed by atoms with Crippen molar-refractivity contribution in [2.45, 2.75) is 0 Å². The van der Waals surface area contributed by atoms with E-state index in [-0.39, 0.29) is 17.0 Å². The van der Waals surface area contributed by atoms with Gasteiger partial charge in [-0.05, 0) is 28.5 Å². The van der Waals surface area contributed by atoms with Gasteiger partial charge in [0.15, 0.2) is 0 Å². The minimum Gasteiger partial charge on any atom is -0.384 e. The number of ketones is 1. The first-order valence-electron chi connectivity index (χ1n) is 6.12. The van der Waals surface area contributed by atoms with E-state index >= 15 is 0 Å². The normalized spacial score (nSPS) is 11.2. The number of carbonyl (C=O) groups excluding carboxylic acids is 1. The van der Waals surface area contributed by atoms with Crippen LogP contribution in [-0.4, -0.2) is 14.9 Å². The standard InChI is InChI=1S/C14H12N4O3S/c1-17-12(16)10(13(20)18(2)14(17)21)11(19)9(6-15)5-8-3-4-22-7-8/h3-5,7H,16H2,1-2H3/b9-5+. The fourth-order valence-electron chi connectivity index (χ4n) is 1.88. The summed E-state index contributed by atoms with van der Waals surface area (Å²) in [7, 11) is 2.60. The molecule has 2 rings (SSSR count). The van der Waals surface area contributed by atoms with Crippen LogP contribution in [-0.2, 0) is 14.1 Å². The van der Waals surface area contributed by atoms with Crippen molar-refractivity contribution in [2.75, 3.05) is 5.73 Å². The van der Waals surface area contributed by atoms with Gasteiger partial charge in [-0.15, -0.1) is 0 Å². The molecule has 22 heavy (non-hydrogen) atoms. The van der Waals surface area contributed by atoms with Crippen LogP contribution in [0, 0.1) is 11.3 Å². The molecule has 2 heterocycles. The maximum absolute atomic E-state index is 12.5. The number of nitrogens with zero attached hydrogens (tertiary/aromatic N) is 3. The first-order valence-corrected chi connectivity index (χ1v) is 7.07. The Morgan fingerprint density at radius 1 is 1.36 bits per heavy atom. The second-order valence-corrected chi connectivity index (χ2v) is 5.30. The Morgan fingerprint density at radius 3 is 2.59 bits per heavy atom. The van der Waals surface area contributed by atoms with E-state index in [4.69, 9.17) is 5.73 Å². The van der Waals surface area contributed by atoms with Crippen molar-refractivity contribution >= 4 is 29.0 Å². The van der Waals surface area contributed by atoms with E-state index in [9.17, 15) is 19.6 Å². The van der Waals surface area contributed by atoms with Crippen LogP contribution in [0.2, 0.25) is 0 Å². The number of anilines is 1. The van der Waals surface area contributed by atoms with Gasteiger partial charge < -0.3 is 5.73 Å². The van der Waals surface area contributed by atoms with E-state index in [1.165, 1.54) is 31.5 Å².